The molecule has 3 atom stereocenters. The molecule has 5 heteroatoms. The lowest BCUT2D eigenvalue weighted by Crippen LogP contribution is -2.72. The zero-order valence-electron chi connectivity index (χ0n) is 12.6. The number of nitrogens with zero attached hydrogens (tertiary/aromatic N) is 1. The second-order valence-electron chi connectivity index (χ2n) is 5.28. The van der Waals surface area contributed by atoms with Gasteiger partial charge < -0.3 is 19.7 Å². The average molecular weight is 309 g/mol. The third-order valence-corrected chi connectivity index (χ3v) is 4.00. The lowest BCUT2D eigenvalue weighted by atomic mass is 9.78. The molecule has 0 bridgehead atoms. The summed E-state index contributed by atoms with van der Waals surface area (Å²) in [6, 6.07) is 16.7. The predicted octanol–water partition coefficient (Wildman–Crippen LogP) is 0.993. The summed E-state index contributed by atoms with van der Waals surface area (Å²) >= 11 is 0. The van der Waals surface area contributed by atoms with Gasteiger partial charge in [-0.2, -0.15) is 5.26 Å². The van der Waals surface area contributed by atoms with Gasteiger partial charge in [0.15, 0.2) is 0 Å². The fourth-order valence-electron chi connectivity index (χ4n) is 2.91. The first-order valence-corrected chi connectivity index (χ1v) is 7.34. The first-order valence-electron chi connectivity index (χ1n) is 7.34. The highest BCUT2D eigenvalue weighted by atomic mass is 16.7. The minimum absolute atomic E-state index is 0.00400. The fraction of sp³-hybridized carbons (Fsp3) is 0.278. The zero-order chi connectivity index (χ0) is 16.5. The first-order chi connectivity index (χ1) is 11.1. The van der Waals surface area contributed by atoms with Crippen molar-refractivity contribution in [3.8, 4) is 11.8 Å². The minimum atomic E-state index is -2.59. The molecule has 2 aromatic rings. The smallest absolute Gasteiger partial charge is 0.232 e. The Morgan fingerprint density at radius 3 is 2.48 bits per heavy atom. The molecule has 1 aliphatic heterocycles. The van der Waals surface area contributed by atoms with Crippen molar-refractivity contribution in [1.82, 2.24) is 0 Å². The van der Waals surface area contributed by atoms with Crippen molar-refractivity contribution in [1.29, 1.82) is 5.26 Å². The van der Waals surface area contributed by atoms with Crippen LogP contribution in [-0.2, 0) is 10.3 Å². The number of nitriles is 1. The lowest BCUT2D eigenvalue weighted by Gasteiger charge is -2.61. The van der Waals surface area contributed by atoms with Gasteiger partial charge in [-0.3, -0.25) is 0 Å². The van der Waals surface area contributed by atoms with Gasteiger partial charge in [-0.25, -0.2) is 0 Å². The van der Waals surface area contributed by atoms with Crippen molar-refractivity contribution in [3.05, 3.63) is 65.7 Å². The standard InChI is InChI=1S/C18H15NO4/c1-2-22-18(21)16(20)14-10-6-7-11-15(14)23-17(18,12-19)13-8-4-3-5-9-13/h3-11,16H,2H2,1H3/q-2. The molecular formula is C18H15NO4-2. The summed E-state index contributed by atoms with van der Waals surface area (Å²) < 4.78 is 11.1. The largest absolute Gasteiger partial charge is 0.847 e. The van der Waals surface area contributed by atoms with Crippen LogP contribution in [0.3, 0.4) is 0 Å². The van der Waals surface area contributed by atoms with E-state index >= 15 is 0 Å². The molecule has 0 N–H and O–H groups in total. The maximum Gasteiger partial charge on any atom is 0.232 e. The fourth-order valence-corrected chi connectivity index (χ4v) is 2.91. The molecule has 3 unspecified atom stereocenters. The highest BCUT2D eigenvalue weighted by Gasteiger charge is 2.53. The van der Waals surface area contributed by atoms with E-state index in [1.54, 1.807) is 55.5 Å². The molecule has 0 saturated heterocycles. The monoisotopic (exact) mass is 309 g/mol. The SMILES string of the molecule is CCOC1([O-])C([O-])c2ccccc2OC1(C#N)c1ccccc1. The Kier molecular flexibility index (Phi) is 3.82. The third kappa shape index (κ3) is 2.12. The van der Waals surface area contributed by atoms with Gasteiger partial charge in [0.25, 0.3) is 0 Å². The molecule has 0 aliphatic carbocycles. The number of benzene rings is 2. The molecule has 0 aromatic heterocycles. The minimum Gasteiger partial charge on any atom is -0.847 e. The lowest BCUT2D eigenvalue weighted by molar-refractivity contribution is -0.659. The van der Waals surface area contributed by atoms with E-state index in [9.17, 15) is 15.5 Å². The van der Waals surface area contributed by atoms with Crippen LogP contribution in [0.1, 0.15) is 24.2 Å². The molecule has 3 rings (SSSR count). The topological polar surface area (TPSA) is 88.4 Å². The van der Waals surface area contributed by atoms with Crippen molar-refractivity contribution >= 4 is 0 Å². The molecule has 1 heterocycles. The second-order valence-corrected chi connectivity index (χ2v) is 5.28. The van der Waals surface area contributed by atoms with Crippen LogP contribution in [0.4, 0.5) is 0 Å². The van der Waals surface area contributed by atoms with Crippen LogP contribution in [0.2, 0.25) is 0 Å². The number of hydrogen-bond acceptors (Lipinski definition) is 5. The number of fused-ring (bicyclic) bond motifs is 1. The van der Waals surface area contributed by atoms with Crippen molar-refractivity contribution < 1.29 is 19.7 Å². The van der Waals surface area contributed by atoms with Crippen molar-refractivity contribution in [2.75, 3.05) is 6.61 Å². The van der Waals surface area contributed by atoms with Crippen molar-refractivity contribution in [2.24, 2.45) is 0 Å². The van der Waals surface area contributed by atoms with Gasteiger partial charge in [-0.05, 0) is 18.6 Å². The van der Waals surface area contributed by atoms with Crippen LogP contribution >= 0.6 is 0 Å². The van der Waals surface area contributed by atoms with Crippen LogP contribution in [0, 0.1) is 11.3 Å². The number of para-hydroxylation sites is 1. The van der Waals surface area contributed by atoms with Gasteiger partial charge >= 0.3 is 0 Å². The highest BCUT2D eigenvalue weighted by Crippen LogP contribution is 2.48. The van der Waals surface area contributed by atoms with E-state index in [1.807, 2.05) is 6.07 Å². The molecule has 23 heavy (non-hydrogen) atoms. The molecule has 0 spiro atoms. The molecule has 0 fully saturated rings. The molecule has 0 saturated carbocycles. The molecule has 1 aliphatic rings. The summed E-state index contributed by atoms with van der Waals surface area (Å²) in [4.78, 5) is 0. The Morgan fingerprint density at radius 2 is 1.83 bits per heavy atom. The van der Waals surface area contributed by atoms with Gasteiger partial charge in [-0.1, -0.05) is 54.6 Å². The van der Waals surface area contributed by atoms with Gasteiger partial charge in [0, 0.05) is 18.0 Å². The van der Waals surface area contributed by atoms with Crippen molar-refractivity contribution in [2.45, 2.75) is 24.4 Å². The van der Waals surface area contributed by atoms with Crippen LogP contribution in [-0.4, -0.2) is 12.4 Å². The Bertz CT molecular complexity index is 742. The van der Waals surface area contributed by atoms with Gasteiger partial charge in [0.05, 0.1) is 0 Å². The average Bonchev–Trinajstić information content (AvgIpc) is 2.59. The second kappa shape index (κ2) is 5.67. The Labute approximate surface area is 134 Å². The van der Waals surface area contributed by atoms with E-state index < -0.39 is 17.5 Å². The number of hydrogen-bond donors (Lipinski definition) is 0. The molecule has 5 nitrogen and oxygen atoms in total. The van der Waals surface area contributed by atoms with E-state index in [1.165, 1.54) is 6.07 Å². The molecule has 0 amide bonds. The zero-order valence-corrected chi connectivity index (χ0v) is 12.6. The maximum atomic E-state index is 13.4. The highest BCUT2D eigenvalue weighted by molar-refractivity contribution is 5.45. The predicted molar refractivity (Wildman–Crippen MR) is 77.9 cm³/mol. The third-order valence-electron chi connectivity index (χ3n) is 4.00. The number of rotatable bonds is 3. The molecular weight excluding hydrogens is 294 g/mol. The normalized spacial score (nSPS) is 29.2. The molecule has 2 aromatic carbocycles. The quantitative estimate of drug-likeness (QED) is 0.789. The summed E-state index contributed by atoms with van der Waals surface area (Å²) in [5.41, 5.74) is -1.54. The Balaban J connectivity index is 2.27. The van der Waals surface area contributed by atoms with E-state index in [2.05, 4.69) is 0 Å². The van der Waals surface area contributed by atoms with Gasteiger partial charge in [-0.15, -0.1) is 0 Å². The molecule has 118 valence electrons. The van der Waals surface area contributed by atoms with E-state index in [-0.39, 0.29) is 17.9 Å². The summed E-state index contributed by atoms with van der Waals surface area (Å²) in [7, 11) is 0. The van der Waals surface area contributed by atoms with E-state index in [0.717, 1.165) is 0 Å². The number of ether oxygens (including phenoxy) is 2. The van der Waals surface area contributed by atoms with Crippen molar-refractivity contribution in [3.63, 3.8) is 0 Å². The summed E-state index contributed by atoms with van der Waals surface area (Å²) in [6.45, 7) is 1.62. The van der Waals surface area contributed by atoms with E-state index in [0.29, 0.717) is 5.56 Å². The van der Waals surface area contributed by atoms with Gasteiger partial charge in [0.2, 0.25) is 5.60 Å². The Hall–Kier alpha value is -2.39. The van der Waals surface area contributed by atoms with E-state index in [4.69, 9.17) is 9.47 Å². The summed E-state index contributed by atoms with van der Waals surface area (Å²) in [5, 5.41) is 36.1. The summed E-state index contributed by atoms with van der Waals surface area (Å²) in [5.74, 6) is -2.35. The summed E-state index contributed by atoms with van der Waals surface area (Å²) in [6.07, 6.45) is -1.78. The van der Waals surface area contributed by atoms with Crippen LogP contribution in [0.5, 0.6) is 5.75 Å². The Morgan fingerprint density at radius 1 is 1.17 bits per heavy atom. The first kappa shape index (κ1) is 15.5. The van der Waals surface area contributed by atoms with Crippen LogP contribution < -0.4 is 14.9 Å². The van der Waals surface area contributed by atoms with Crippen LogP contribution in [0.15, 0.2) is 54.6 Å². The molecule has 0 radical (unpaired) electrons. The van der Waals surface area contributed by atoms with Crippen LogP contribution in [0.25, 0.3) is 0 Å². The maximum absolute atomic E-state index is 13.4. The van der Waals surface area contributed by atoms with Gasteiger partial charge in [0.1, 0.15) is 11.8 Å².